The zero-order valence-corrected chi connectivity index (χ0v) is 14.8. The molecule has 0 fully saturated rings. The highest BCUT2D eigenvalue weighted by atomic mass is 16.5. The Morgan fingerprint density at radius 2 is 1.62 bits per heavy atom. The molecule has 2 aromatic rings. The molecule has 4 heteroatoms. The Morgan fingerprint density at radius 1 is 1.00 bits per heavy atom. The van der Waals surface area contributed by atoms with Crippen molar-refractivity contribution in [3.63, 3.8) is 0 Å². The van der Waals surface area contributed by atoms with Gasteiger partial charge in [0.25, 0.3) is 5.91 Å². The summed E-state index contributed by atoms with van der Waals surface area (Å²) < 4.78 is 5.53. The van der Waals surface area contributed by atoms with Gasteiger partial charge in [-0.2, -0.15) is 0 Å². The minimum Gasteiger partial charge on any atom is -0.484 e. The van der Waals surface area contributed by atoms with Crippen LogP contribution in [0.25, 0.3) is 0 Å². The van der Waals surface area contributed by atoms with Gasteiger partial charge in [0.2, 0.25) is 0 Å². The molecule has 0 aliphatic rings. The normalized spacial score (nSPS) is 11.2. The van der Waals surface area contributed by atoms with E-state index in [0.29, 0.717) is 5.75 Å². The molecule has 2 rings (SSSR count). The molecule has 2 N–H and O–H groups in total. The first kappa shape index (κ1) is 18.0. The number of carbonyl (C=O) groups excluding carboxylic acids is 1. The van der Waals surface area contributed by atoms with E-state index in [1.807, 2.05) is 55.5 Å². The van der Waals surface area contributed by atoms with E-state index in [1.54, 1.807) is 0 Å². The lowest BCUT2D eigenvalue weighted by molar-refractivity contribution is -0.118. The Labute approximate surface area is 144 Å². The first-order chi connectivity index (χ1) is 11.3. The number of ether oxygens (including phenoxy) is 1. The maximum absolute atomic E-state index is 11.9. The Balaban J connectivity index is 1.79. The van der Waals surface area contributed by atoms with Gasteiger partial charge in [0.1, 0.15) is 5.75 Å². The van der Waals surface area contributed by atoms with Crippen molar-refractivity contribution in [2.45, 2.75) is 39.8 Å². The van der Waals surface area contributed by atoms with E-state index in [1.165, 1.54) is 5.56 Å². The fourth-order valence-corrected chi connectivity index (χ4v) is 2.05. The van der Waals surface area contributed by atoms with Crippen molar-refractivity contribution in [2.75, 3.05) is 11.9 Å². The summed E-state index contributed by atoms with van der Waals surface area (Å²) in [6.45, 7) is 9.21. The van der Waals surface area contributed by atoms with Crippen LogP contribution in [0.4, 0.5) is 5.69 Å². The van der Waals surface area contributed by atoms with Gasteiger partial charge < -0.3 is 15.4 Å². The van der Waals surface area contributed by atoms with Crippen LogP contribution in [0.3, 0.4) is 0 Å². The van der Waals surface area contributed by atoms with Gasteiger partial charge >= 0.3 is 0 Å². The summed E-state index contributed by atoms with van der Waals surface area (Å²) >= 11 is 0. The zero-order valence-electron chi connectivity index (χ0n) is 14.8. The average Bonchev–Trinajstić information content (AvgIpc) is 2.53. The highest BCUT2D eigenvalue weighted by molar-refractivity contribution is 5.91. The predicted octanol–water partition coefficient (Wildman–Crippen LogP) is 3.90. The number of rotatable bonds is 6. The van der Waals surface area contributed by atoms with E-state index < -0.39 is 0 Å². The molecule has 0 aliphatic heterocycles. The lowest BCUT2D eigenvalue weighted by Gasteiger charge is -2.20. The maximum Gasteiger partial charge on any atom is 0.262 e. The van der Waals surface area contributed by atoms with Crippen LogP contribution in [0.1, 0.15) is 31.9 Å². The van der Waals surface area contributed by atoms with Crippen LogP contribution < -0.4 is 15.4 Å². The van der Waals surface area contributed by atoms with Crippen molar-refractivity contribution in [3.05, 3.63) is 59.7 Å². The molecule has 0 aliphatic carbocycles. The van der Waals surface area contributed by atoms with Crippen LogP contribution in [0.15, 0.2) is 48.5 Å². The van der Waals surface area contributed by atoms with Gasteiger partial charge in [0.15, 0.2) is 6.61 Å². The molecular weight excluding hydrogens is 300 g/mol. The summed E-state index contributed by atoms with van der Waals surface area (Å²) in [6, 6.07) is 15.5. The van der Waals surface area contributed by atoms with E-state index in [0.717, 1.165) is 17.8 Å². The number of amides is 1. The Morgan fingerprint density at radius 3 is 2.21 bits per heavy atom. The Kier molecular flexibility index (Phi) is 5.99. The van der Waals surface area contributed by atoms with E-state index >= 15 is 0 Å². The summed E-state index contributed by atoms with van der Waals surface area (Å²) in [4.78, 5) is 11.9. The summed E-state index contributed by atoms with van der Waals surface area (Å²) in [7, 11) is 0. The second kappa shape index (κ2) is 7.97. The van der Waals surface area contributed by atoms with E-state index in [2.05, 4.69) is 31.4 Å². The first-order valence-electron chi connectivity index (χ1n) is 8.15. The van der Waals surface area contributed by atoms with Gasteiger partial charge in [0.05, 0.1) is 0 Å². The predicted molar refractivity (Wildman–Crippen MR) is 98.3 cm³/mol. The molecule has 0 radical (unpaired) electrons. The van der Waals surface area contributed by atoms with Crippen molar-refractivity contribution in [1.82, 2.24) is 5.32 Å². The zero-order chi connectivity index (χ0) is 17.6. The number of hydrogen-bond acceptors (Lipinski definition) is 3. The molecule has 0 aromatic heterocycles. The third-order valence-electron chi connectivity index (χ3n) is 3.45. The van der Waals surface area contributed by atoms with Crippen LogP contribution in [0.5, 0.6) is 5.75 Å². The number of aryl methyl sites for hydroxylation is 1. The van der Waals surface area contributed by atoms with Gasteiger partial charge in [-0.25, -0.2) is 0 Å². The van der Waals surface area contributed by atoms with Gasteiger partial charge in [-0.3, -0.25) is 4.79 Å². The lowest BCUT2D eigenvalue weighted by atomic mass is 10.1. The van der Waals surface area contributed by atoms with E-state index in [4.69, 9.17) is 4.74 Å². The van der Waals surface area contributed by atoms with E-state index in [-0.39, 0.29) is 18.1 Å². The molecule has 24 heavy (non-hydrogen) atoms. The van der Waals surface area contributed by atoms with Gasteiger partial charge in [0, 0.05) is 17.8 Å². The van der Waals surface area contributed by atoms with E-state index in [9.17, 15) is 4.79 Å². The Bertz CT molecular complexity index is 656. The molecule has 0 atom stereocenters. The monoisotopic (exact) mass is 326 g/mol. The van der Waals surface area contributed by atoms with Crippen molar-refractivity contribution >= 4 is 11.6 Å². The topological polar surface area (TPSA) is 50.4 Å². The molecule has 2 aromatic carbocycles. The molecule has 0 unspecified atom stereocenters. The standard InChI is InChI=1S/C20H26N2O2/c1-15-5-9-17(10-6-15)22-19(23)14-24-18-11-7-16(8-12-18)13-21-20(2,3)4/h5-12,21H,13-14H2,1-4H3,(H,22,23). The van der Waals surface area contributed by atoms with Gasteiger partial charge in [-0.05, 0) is 57.5 Å². The van der Waals surface area contributed by atoms with Crippen LogP contribution in [-0.2, 0) is 11.3 Å². The minimum absolute atomic E-state index is 0.00648. The van der Waals surface area contributed by atoms with Gasteiger partial charge in [-0.1, -0.05) is 29.8 Å². The number of carbonyl (C=O) groups is 1. The number of hydrogen-bond donors (Lipinski definition) is 2. The van der Waals surface area contributed by atoms with Gasteiger partial charge in [-0.15, -0.1) is 0 Å². The highest BCUT2D eigenvalue weighted by Crippen LogP contribution is 2.13. The molecule has 0 heterocycles. The molecule has 0 bridgehead atoms. The second-order valence-electron chi connectivity index (χ2n) is 6.95. The van der Waals surface area contributed by atoms with Crippen molar-refractivity contribution in [2.24, 2.45) is 0 Å². The van der Waals surface area contributed by atoms with Crippen molar-refractivity contribution in [3.8, 4) is 5.75 Å². The smallest absolute Gasteiger partial charge is 0.262 e. The summed E-state index contributed by atoms with van der Waals surface area (Å²) in [5.74, 6) is 0.519. The molecule has 0 saturated heterocycles. The minimum atomic E-state index is -0.169. The lowest BCUT2D eigenvalue weighted by Crippen LogP contribution is -2.35. The highest BCUT2D eigenvalue weighted by Gasteiger charge is 2.08. The quantitative estimate of drug-likeness (QED) is 0.846. The maximum atomic E-state index is 11.9. The van der Waals surface area contributed by atoms with Crippen molar-refractivity contribution in [1.29, 1.82) is 0 Å². The molecule has 4 nitrogen and oxygen atoms in total. The largest absolute Gasteiger partial charge is 0.484 e. The molecule has 0 saturated carbocycles. The number of benzene rings is 2. The van der Waals surface area contributed by atoms with Crippen LogP contribution in [-0.4, -0.2) is 18.1 Å². The SMILES string of the molecule is Cc1ccc(NC(=O)COc2ccc(CNC(C)(C)C)cc2)cc1. The molecule has 1 amide bonds. The average molecular weight is 326 g/mol. The van der Waals surface area contributed by atoms with Crippen LogP contribution in [0, 0.1) is 6.92 Å². The number of anilines is 1. The summed E-state index contributed by atoms with van der Waals surface area (Å²) in [5, 5.41) is 6.25. The third kappa shape index (κ3) is 6.42. The summed E-state index contributed by atoms with van der Waals surface area (Å²) in [5.41, 5.74) is 3.20. The fraction of sp³-hybridized carbons (Fsp3) is 0.350. The molecule has 0 spiro atoms. The van der Waals surface area contributed by atoms with Crippen LogP contribution >= 0.6 is 0 Å². The molecule has 128 valence electrons. The number of nitrogens with one attached hydrogen (secondary N) is 2. The summed E-state index contributed by atoms with van der Waals surface area (Å²) in [6.07, 6.45) is 0. The van der Waals surface area contributed by atoms with Crippen LogP contribution in [0.2, 0.25) is 0 Å². The third-order valence-corrected chi connectivity index (χ3v) is 3.45. The second-order valence-corrected chi connectivity index (χ2v) is 6.95. The fourth-order valence-electron chi connectivity index (χ4n) is 2.05. The van der Waals surface area contributed by atoms with Crippen molar-refractivity contribution < 1.29 is 9.53 Å². The first-order valence-corrected chi connectivity index (χ1v) is 8.15. The Hall–Kier alpha value is -2.33. The molecular formula is C20H26N2O2.